The number of nitro benzene ring substituents is 1. The maximum Gasteiger partial charge on any atom is 0.292 e. The van der Waals surface area contributed by atoms with Crippen LogP contribution in [0.1, 0.15) is 10.5 Å². The lowest BCUT2D eigenvalue weighted by Gasteiger charge is -2.35. The summed E-state index contributed by atoms with van der Waals surface area (Å²) in [6, 6.07) is 12.5. The summed E-state index contributed by atoms with van der Waals surface area (Å²) in [7, 11) is 0. The molecule has 2 aromatic carbocycles. The predicted octanol–water partition coefficient (Wildman–Crippen LogP) is 3.60. The molecular weight excluding hydrogens is 421 g/mol. The second-order valence-corrected chi connectivity index (χ2v) is 7.74. The second kappa shape index (κ2) is 8.76. The van der Waals surface area contributed by atoms with Crippen LogP contribution in [-0.2, 0) is 0 Å². The largest absolute Gasteiger partial charge is 0.362 e. The van der Waals surface area contributed by atoms with E-state index in [1.54, 1.807) is 39.8 Å². The van der Waals surface area contributed by atoms with E-state index in [-0.39, 0.29) is 17.4 Å². The Bertz CT molecular complexity index is 1110. The highest BCUT2D eigenvalue weighted by atomic mass is 32.2. The van der Waals surface area contributed by atoms with Crippen molar-refractivity contribution in [2.24, 2.45) is 0 Å². The van der Waals surface area contributed by atoms with E-state index in [0.717, 1.165) is 0 Å². The SMILES string of the molecule is CSc1ncc(C(=O)N2CCN(c3ccccc3[N+](=O)[O-])CC2)n1-c1ccc(F)cc1. The van der Waals surface area contributed by atoms with Gasteiger partial charge in [-0.15, -0.1) is 0 Å². The van der Waals surface area contributed by atoms with Crippen molar-refractivity contribution >= 4 is 29.0 Å². The topological polar surface area (TPSA) is 84.5 Å². The Morgan fingerprint density at radius 2 is 1.77 bits per heavy atom. The van der Waals surface area contributed by atoms with Crippen LogP contribution in [0.15, 0.2) is 59.9 Å². The lowest BCUT2D eigenvalue weighted by atomic mass is 10.2. The fraction of sp³-hybridized carbons (Fsp3) is 0.238. The van der Waals surface area contributed by atoms with Crippen LogP contribution >= 0.6 is 11.8 Å². The Labute approximate surface area is 182 Å². The number of hydrogen-bond donors (Lipinski definition) is 0. The van der Waals surface area contributed by atoms with Gasteiger partial charge in [-0.1, -0.05) is 23.9 Å². The molecule has 1 aromatic heterocycles. The van der Waals surface area contributed by atoms with Gasteiger partial charge in [0.15, 0.2) is 5.16 Å². The van der Waals surface area contributed by atoms with Crippen LogP contribution in [0, 0.1) is 15.9 Å². The highest BCUT2D eigenvalue weighted by molar-refractivity contribution is 7.98. The van der Waals surface area contributed by atoms with Gasteiger partial charge >= 0.3 is 0 Å². The van der Waals surface area contributed by atoms with Crippen molar-refractivity contribution in [3.05, 3.63) is 76.4 Å². The normalized spacial score (nSPS) is 14.0. The van der Waals surface area contributed by atoms with Gasteiger partial charge in [0.05, 0.1) is 11.1 Å². The van der Waals surface area contributed by atoms with Gasteiger partial charge in [-0.25, -0.2) is 9.37 Å². The van der Waals surface area contributed by atoms with Gasteiger partial charge in [-0.3, -0.25) is 19.5 Å². The quantitative estimate of drug-likeness (QED) is 0.342. The van der Waals surface area contributed by atoms with Crippen LogP contribution in [0.5, 0.6) is 0 Å². The van der Waals surface area contributed by atoms with Crippen LogP contribution in [0.25, 0.3) is 5.69 Å². The van der Waals surface area contributed by atoms with E-state index in [4.69, 9.17) is 0 Å². The number of piperazine rings is 1. The van der Waals surface area contributed by atoms with E-state index in [2.05, 4.69) is 4.98 Å². The minimum Gasteiger partial charge on any atom is -0.362 e. The molecule has 0 unspecified atom stereocenters. The second-order valence-electron chi connectivity index (χ2n) is 6.97. The molecule has 4 rings (SSSR count). The number of carbonyl (C=O) groups excluding carboxylic acids is 1. The van der Waals surface area contributed by atoms with E-state index in [1.165, 1.54) is 36.2 Å². The molecular formula is C21H20FN5O3S. The summed E-state index contributed by atoms with van der Waals surface area (Å²) in [6.45, 7) is 1.81. The van der Waals surface area contributed by atoms with Crippen molar-refractivity contribution in [3.63, 3.8) is 0 Å². The Kier molecular flexibility index (Phi) is 5.90. The number of aromatic nitrogens is 2. The van der Waals surface area contributed by atoms with Crippen LogP contribution in [-0.4, -0.2) is 57.7 Å². The third-order valence-corrected chi connectivity index (χ3v) is 5.86. The van der Waals surface area contributed by atoms with E-state index in [0.29, 0.717) is 48.4 Å². The zero-order valence-electron chi connectivity index (χ0n) is 16.8. The molecule has 8 nitrogen and oxygen atoms in total. The number of anilines is 1. The molecule has 0 atom stereocenters. The van der Waals surface area contributed by atoms with Crippen molar-refractivity contribution in [1.29, 1.82) is 0 Å². The first-order valence-corrected chi connectivity index (χ1v) is 10.9. The fourth-order valence-electron chi connectivity index (χ4n) is 3.67. The third kappa shape index (κ3) is 4.11. The van der Waals surface area contributed by atoms with E-state index < -0.39 is 4.92 Å². The number of imidazole rings is 1. The lowest BCUT2D eigenvalue weighted by molar-refractivity contribution is -0.384. The summed E-state index contributed by atoms with van der Waals surface area (Å²) in [5, 5.41) is 12.0. The Hall–Kier alpha value is -3.40. The molecule has 0 aliphatic carbocycles. The van der Waals surface area contributed by atoms with E-state index >= 15 is 0 Å². The number of benzene rings is 2. The maximum absolute atomic E-state index is 13.4. The Morgan fingerprint density at radius 3 is 2.42 bits per heavy atom. The van der Waals surface area contributed by atoms with Gasteiger partial charge in [-0.2, -0.15) is 0 Å². The number of hydrogen-bond acceptors (Lipinski definition) is 6. The average molecular weight is 441 g/mol. The number of para-hydroxylation sites is 2. The molecule has 1 aliphatic heterocycles. The number of rotatable bonds is 5. The first kappa shape index (κ1) is 20.9. The monoisotopic (exact) mass is 441 g/mol. The molecule has 0 radical (unpaired) electrons. The molecule has 0 spiro atoms. The van der Waals surface area contributed by atoms with E-state index in [9.17, 15) is 19.3 Å². The van der Waals surface area contributed by atoms with Crippen LogP contribution in [0.4, 0.5) is 15.8 Å². The van der Waals surface area contributed by atoms with Crippen molar-refractivity contribution in [2.45, 2.75) is 5.16 Å². The molecule has 1 aliphatic rings. The summed E-state index contributed by atoms with van der Waals surface area (Å²) >= 11 is 1.40. The molecule has 160 valence electrons. The van der Waals surface area contributed by atoms with Crippen LogP contribution in [0.2, 0.25) is 0 Å². The van der Waals surface area contributed by atoms with Crippen molar-refractivity contribution < 1.29 is 14.1 Å². The number of nitrogens with zero attached hydrogens (tertiary/aromatic N) is 5. The average Bonchev–Trinajstić information content (AvgIpc) is 3.23. The lowest BCUT2D eigenvalue weighted by Crippen LogP contribution is -2.49. The highest BCUT2D eigenvalue weighted by Crippen LogP contribution is 2.29. The van der Waals surface area contributed by atoms with Gasteiger partial charge in [-0.05, 0) is 36.6 Å². The van der Waals surface area contributed by atoms with Crippen molar-refractivity contribution in [3.8, 4) is 5.69 Å². The smallest absolute Gasteiger partial charge is 0.292 e. The first-order chi connectivity index (χ1) is 15.0. The minimum atomic E-state index is -0.391. The fourth-order valence-corrected chi connectivity index (χ4v) is 4.21. The van der Waals surface area contributed by atoms with Gasteiger partial charge in [0.2, 0.25) is 0 Å². The number of carbonyl (C=O) groups is 1. The zero-order valence-corrected chi connectivity index (χ0v) is 17.6. The summed E-state index contributed by atoms with van der Waals surface area (Å²) in [5.41, 5.74) is 1.67. The van der Waals surface area contributed by atoms with Gasteiger partial charge in [0, 0.05) is 37.9 Å². The Balaban J connectivity index is 1.54. The summed E-state index contributed by atoms with van der Waals surface area (Å²) in [4.78, 5) is 32.2. The third-order valence-electron chi connectivity index (χ3n) is 5.20. The molecule has 10 heteroatoms. The number of thioether (sulfide) groups is 1. The Morgan fingerprint density at radius 1 is 1.10 bits per heavy atom. The van der Waals surface area contributed by atoms with Crippen LogP contribution in [0.3, 0.4) is 0 Å². The van der Waals surface area contributed by atoms with Gasteiger partial charge in [0.25, 0.3) is 11.6 Å². The molecule has 0 N–H and O–H groups in total. The van der Waals surface area contributed by atoms with Gasteiger partial charge < -0.3 is 9.80 Å². The maximum atomic E-state index is 13.4. The summed E-state index contributed by atoms with van der Waals surface area (Å²) in [6.07, 6.45) is 3.40. The number of halogens is 1. The minimum absolute atomic E-state index is 0.0567. The zero-order chi connectivity index (χ0) is 22.0. The summed E-state index contributed by atoms with van der Waals surface area (Å²) < 4.78 is 15.1. The summed E-state index contributed by atoms with van der Waals surface area (Å²) in [5.74, 6) is -0.534. The molecule has 0 saturated carbocycles. The molecule has 1 amide bonds. The van der Waals surface area contributed by atoms with Crippen molar-refractivity contribution in [1.82, 2.24) is 14.5 Å². The molecule has 3 aromatic rings. The highest BCUT2D eigenvalue weighted by Gasteiger charge is 2.28. The number of amides is 1. The predicted molar refractivity (Wildman–Crippen MR) is 117 cm³/mol. The van der Waals surface area contributed by atoms with E-state index in [1.807, 2.05) is 11.2 Å². The standard InChI is InChI=1S/C21H20FN5O3S/c1-31-21-23-14-19(26(21)16-8-6-15(22)7-9-16)20(28)25-12-10-24(11-13-25)17-4-2-3-5-18(17)27(29)30/h2-9,14H,10-13H2,1H3. The molecule has 1 fully saturated rings. The van der Waals surface area contributed by atoms with Crippen LogP contribution < -0.4 is 4.90 Å². The molecule has 1 saturated heterocycles. The molecule has 2 heterocycles. The molecule has 0 bridgehead atoms. The van der Waals surface area contributed by atoms with Gasteiger partial charge in [0.1, 0.15) is 17.2 Å². The number of nitro groups is 1. The molecule has 31 heavy (non-hydrogen) atoms. The van der Waals surface area contributed by atoms with Crippen molar-refractivity contribution in [2.75, 3.05) is 37.3 Å². The first-order valence-electron chi connectivity index (χ1n) is 9.65.